The molecule has 2 atom stereocenters. The second kappa shape index (κ2) is 7.36. The van der Waals surface area contributed by atoms with Gasteiger partial charge in [0.1, 0.15) is 0 Å². The number of likely N-dealkylation sites (N-methyl/N-ethyl adjacent to an activating group) is 1. The number of aliphatic hydroxyl groups excluding tert-OH is 1. The van der Waals surface area contributed by atoms with Crippen molar-refractivity contribution in [3.8, 4) is 0 Å². The number of hydrogen-bond donors (Lipinski definition) is 1. The van der Waals surface area contributed by atoms with Gasteiger partial charge in [-0.05, 0) is 30.5 Å². The molecule has 0 aromatic heterocycles. The fourth-order valence-electron chi connectivity index (χ4n) is 1.70. The number of halogens is 1. The van der Waals surface area contributed by atoms with Gasteiger partial charge >= 0.3 is 5.37 Å². The molecule has 0 bridgehead atoms. The molecule has 1 aromatic carbocycles. The Hall–Kier alpha value is -1.10. The number of carbonyl (C=O) groups is 1. The maximum absolute atomic E-state index is 11.2. The highest BCUT2D eigenvalue weighted by atomic mass is 35.5. The van der Waals surface area contributed by atoms with Crippen LogP contribution in [0.5, 0.6) is 0 Å². The molecule has 1 rings (SSSR count). The van der Waals surface area contributed by atoms with Gasteiger partial charge in [-0.2, -0.15) is 0 Å². The fraction of sp³-hybridized carbons (Fsp3) is 0.462. The highest BCUT2D eigenvalue weighted by Crippen LogP contribution is 2.14. The van der Waals surface area contributed by atoms with E-state index in [2.05, 4.69) is 0 Å². The zero-order valence-electron chi connectivity index (χ0n) is 10.5. The van der Waals surface area contributed by atoms with E-state index in [1.807, 2.05) is 30.3 Å². The Morgan fingerprint density at radius 3 is 2.56 bits per heavy atom. The Morgan fingerprint density at radius 2 is 2.06 bits per heavy atom. The SMILES string of the molecule is CCOC(O)[C@H](Cc1ccccc1)N(C)C(=O)Cl. The Morgan fingerprint density at radius 1 is 1.44 bits per heavy atom. The lowest BCUT2D eigenvalue weighted by Gasteiger charge is -2.30. The zero-order valence-corrected chi connectivity index (χ0v) is 11.3. The minimum atomic E-state index is -1.05. The molecule has 0 aliphatic heterocycles. The van der Waals surface area contributed by atoms with Crippen molar-refractivity contribution in [1.82, 2.24) is 4.90 Å². The summed E-state index contributed by atoms with van der Waals surface area (Å²) in [4.78, 5) is 12.5. The van der Waals surface area contributed by atoms with Crippen molar-refractivity contribution in [2.24, 2.45) is 0 Å². The molecule has 0 heterocycles. The lowest BCUT2D eigenvalue weighted by molar-refractivity contribution is -0.129. The molecule has 4 nitrogen and oxygen atoms in total. The van der Waals surface area contributed by atoms with Gasteiger partial charge in [-0.25, -0.2) is 0 Å². The van der Waals surface area contributed by atoms with E-state index in [4.69, 9.17) is 16.3 Å². The third kappa shape index (κ3) is 4.29. The molecule has 1 N–H and O–H groups in total. The van der Waals surface area contributed by atoms with Crippen LogP contribution < -0.4 is 0 Å². The first-order valence-electron chi connectivity index (χ1n) is 5.82. The van der Waals surface area contributed by atoms with Crippen LogP contribution in [0.2, 0.25) is 0 Å². The van der Waals surface area contributed by atoms with Crippen molar-refractivity contribution in [3.05, 3.63) is 35.9 Å². The molecule has 0 spiro atoms. The number of benzene rings is 1. The maximum Gasteiger partial charge on any atom is 0.316 e. The minimum Gasteiger partial charge on any atom is -0.366 e. The first-order chi connectivity index (χ1) is 8.56. The van der Waals surface area contributed by atoms with Crippen molar-refractivity contribution >= 4 is 17.0 Å². The molecule has 1 amide bonds. The lowest BCUT2D eigenvalue weighted by atomic mass is 10.0. The van der Waals surface area contributed by atoms with Crippen molar-refractivity contribution in [3.63, 3.8) is 0 Å². The number of nitrogens with zero attached hydrogens (tertiary/aromatic N) is 1. The average Bonchev–Trinajstić information content (AvgIpc) is 2.36. The molecule has 5 heteroatoms. The van der Waals surface area contributed by atoms with E-state index in [1.54, 1.807) is 14.0 Å². The van der Waals surface area contributed by atoms with E-state index in [-0.39, 0.29) is 0 Å². The second-order valence-electron chi connectivity index (χ2n) is 3.97. The van der Waals surface area contributed by atoms with E-state index in [1.165, 1.54) is 4.90 Å². The summed E-state index contributed by atoms with van der Waals surface area (Å²) in [5, 5.41) is 9.30. The highest BCUT2D eigenvalue weighted by molar-refractivity contribution is 6.62. The number of rotatable bonds is 6. The summed E-state index contributed by atoms with van der Waals surface area (Å²) in [7, 11) is 1.55. The molecule has 0 aliphatic carbocycles. The van der Waals surface area contributed by atoms with E-state index < -0.39 is 17.7 Å². The van der Waals surface area contributed by atoms with E-state index in [9.17, 15) is 9.90 Å². The quantitative estimate of drug-likeness (QED) is 0.490. The Balaban J connectivity index is 2.80. The average molecular weight is 272 g/mol. The molecular weight excluding hydrogens is 254 g/mol. The highest BCUT2D eigenvalue weighted by Gasteiger charge is 2.26. The van der Waals surface area contributed by atoms with Crippen LogP contribution in [0.3, 0.4) is 0 Å². The number of hydrogen-bond acceptors (Lipinski definition) is 3. The summed E-state index contributed by atoms with van der Waals surface area (Å²) in [5.41, 5.74) is 1.01. The van der Waals surface area contributed by atoms with Crippen LogP contribution in [0.1, 0.15) is 12.5 Å². The van der Waals surface area contributed by atoms with Crippen molar-refractivity contribution < 1.29 is 14.6 Å². The molecule has 0 saturated carbocycles. The molecular formula is C13H18ClNO3. The number of aliphatic hydroxyl groups is 1. The smallest absolute Gasteiger partial charge is 0.316 e. The summed E-state index contributed by atoms with van der Waals surface area (Å²) in [6.45, 7) is 2.15. The number of ether oxygens (including phenoxy) is 1. The molecule has 1 unspecified atom stereocenters. The standard InChI is InChI=1S/C13H18ClNO3/c1-3-18-12(16)11(15(2)13(14)17)9-10-7-5-4-6-8-10/h4-8,11-12,16H,3,9H2,1-2H3/t11-,12?/m0/s1. The first-order valence-corrected chi connectivity index (χ1v) is 6.20. The largest absolute Gasteiger partial charge is 0.366 e. The summed E-state index contributed by atoms with van der Waals surface area (Å²) >= 11 is 5.45. The molecule has 0 fully saturated rings. The Kier molecular flexibility index (Phi) is 6.12. The van der Waals surface area contributed by atoms with Gasteiger partial charge in [0.2, 0.25) is 0 Å². The normalized spacial score (nSPS) is 14.0. The van der Waals surface area contributed by atoms with Crippen LogP contribution in [-0.2, 0) is 11.2 Å². The van der Waals surface area contributed by atoms with Crippen molar-refractivity contribution in [2.45, 2.75) is 25.7 Å². The fourth-order valence-corrected chi connectivity index (χ4v) is 1.82. The van der Waals surface area contributed by atoms with Crippen molar-refractivity contribution in [1.29, 1.82) is 0 Å². The number of carbonyl (C=O) groups excluding carboxylic acids is 1. The van der Waals surface area contributed by atoms with Gasteiger partial charge in [0.05, 0.1) is 6.04 Å². The van der Waals surface area contributed by atoms with Crippen LogP contribution >= 0.6 is 11.6 Å². The van der Waals surface area contributed by atoms with Gasteiger partial charge in [-0.1, -0.05) is 30.3 Å². The van der Waals surface area contributed by atoms with E-state index in [0.29, 0.717) is 13.0 Å². The monoisotopic (exact) mass is 271 g/mol. The van der Waals surface area contributed by atoms with Crippen LogP contribution in [0.25, 0.3) is 0 Å². The van der Waals surface area contributed by atoms with E-state index >= 15 is 0 Å². The Bertz CT molecular complexity index is 372. The summed E-state index contributed by atoms with van der Waals surface area (Å²) < 4.78 is 5.15. The molecule has 1 aromatic rings. The predicted octanol–water partition coefficient (Wildman–Crippen LogP) is 2.24. The van der Waals surface area contributed by atoms with Crippen LogP contribution in [0.4, 0.5) is 4.79 Å². The van der Waals surface area contributed by atoms with Crippen LogP contribution in [0.15, 0.2) is 30.3 Å². The Labute approximate surface area is 112 Å². The van der Waals surface area contributed by atoms with Gasteiger partial charge in [0.15, 0.2) is 6.29 Å². The van der Waals surface area contributed by atoms with Gasteiger partial charge < -0.3 is 14.7 Å². The molecule has 18 heavy (non-hydrogen) atoms. The summed E-state index contributed by atoms with van der Waals surface area (Å²) in [6.07, 6.45) is -0.570. The summed E-state index contributed by atoms with van der Waals surface area (Å²) in [5.74, 6) is 0. The third-order valence-electron chi connectivity index (χ3n) is 2.73. The van der Waals surface area contributed by atoms with Crippen LogP contribution in [-0.4, -0.2) is 41.4 Å². The maximum atomic E-state index is 11.2. The topological polar surface area (TPSA) is 49.8 Å². The minimum absolute atomic E-state index is 0.372. The molecule has 100 valence electrons. The predicted molar refractivity (Wildman–Crippen MR) is 70.6 cm³/mol. The van der Waals surface area contributed by atoms with Gasteiger partial charge in [0, 0.05) is 13.7 Å². The van der Waals surface area contributed by atoms with Crippen molar-refractivity contribution in [2.75, 3.05) is 13.7 Å². The van der Waals surface area contributed by atoms with E-state index in [0.717, 1.165) is 5.56 Å². The van der Waals surface area contributed by atoms with Gasteiger partial charge in [0.25, 0.3) is 0 Å². The lowest BCUT2D eigenvalue weighted by Crippen LogP contribution is -2.45. The first kappa shape index (κ1) is 15.0. The summed E-state index contributed by atoms with van der Waals surface area (Å²) in [6, 6.07) is 9.08. The molecule has 0 aliphatic rings. The molecule has 0 saturated heterocycles. The number of amides is 1. The zero-order chi connectivity index (χ0) is 13.5. The van der Waals surface area contributed by atoms with Crippen LogP contribution in [0, 0.1) is 0 Å². The third-order valence-corrected chi connectivity index (χ3v) is 3.00. The molecule has 0 radical (unpaired) electrons. The second-order valence-corrected chi connectivity index (χ2v) is 4.29. The van der Waals surface area contributed by atoms with Gasteiger partial charge in [-0.15, -0.1) is 0 Å². The van der Waals surface area contributed by atoms with Gasteiger partial charge in [-0.3, -0.25) is 4.79 Å².